The zero-order chi connectivity index (χ0) is 15.1. The second-order valence-electron chi connectivity index (χ2n) is 4.74. The molecule has 0 aliphatic rings. The molecular formula is C15H24FN3O. The molecule has 112 valence electrons. The number of carbonyl (C=O) groups is 1. The summed E-state index contributed by atoms with van der Waals surface area (Å²) in [4.78, 5) is 15.4. The van der Waals surface area contributed by atoms with Gasteiger partial charge in [0.05, 0.1) is 12.2 Å². The molecule has 0 radical (unpaired) electrons. The lowest BCUT2D eigenvalue weighted by atomic mass is 10.2. The van der Waals surface area contributed by atoms with Crippen LogP contribution in [-0.2, 0) is 11.3 Å². The Balaban J connectivity index is 2.77. The molecule has 0 unspecified atom stereocenters. The number of rotatable bonds is 7. The smallest absolute Gasteiger partial charge is 0.242 e. The third kappa shape index (κ3) is 4.20. The van der Waals surface area contributed by atoms with Crippen LogP contribution < -0.4 is 10.2 Å². The zero-order valence-corrected chi connectivity index (χ0v) is 12.7. The first-order valence-electron chi connectivity index (χ1n) is 6.95. The van der Waals surface area contributed by atoms with Crippen molar-refractivity contribution in [2.45, 2.75) is 20.4 Å². The van der Waals surface area contributed by atoms with E-state index in [1.54, 1.807) is 22.9 Å². The van der Waals surface area contributed by atoms with Gasteiger partial charge in [-0.2, -0.15) is 0 Å². The second-order valence-corrected chi connectivity index (χ2v) is 4.74. The van der Waals surface area contributed by atoms with Crippen LogP contribution in [0, 0.1) is 5.82 Å². The number of hydrogen-bond donors (Lipinski definition) is 1. The Morgan fingerprint density at radius 3 is 2.45 bits per heavy atom. The number of carbonyl (C=O) groups excluding carboxylic acids is 1. The summed E-state index contributed by atoms with van der Waals surface area (Å²) in [6.45, 7) is 6.03. The van der Waals surface area contributed by atoms with Gasteiger partial charge in [0.15, 0.2) is 0 Å². The SMILES string of the molecule is CCN(CC)C(=O)CN(C)c1ccc(CNC)cc1F. The summed E-state index contributed by atoms with van der Waals surface area (Å²) in [6.07, 6.45) is 0. The molecule has 4 nitrogen and oxygen atoms in total. The fourth-order valence-corrected chi connectivity index (χ4v) is 2.14. The van der Waals surface area contributed by atoms with E-state index < -0.39 is 0 Å². The fraction of sp³-hybridized carbons (Fsp3) is 0.533. The molecule has 1 rings (SSSR count). The van der Waals surface area contributed by atoms with Crippen molar-refractivity contribution in [2.75, 3.05) is 38.6 Å². The van der Waals surface area contributed by atoms with Crippen molar-refractivity contribution in [3.63, 3.8) is 0 Å². The number of anilines is 1. The molecule has 0 heterocycles. The first-order valence-corrected chi connectivity index (χ1v) is 6.95. The summed E-state index contributed by atoms with van der Waals surface area (Å²) in [7, 11) is 3.55. The van der Waals surface area contributed by atoms with Gasteiger partial charge in [-0.05, 0) is 38.6 Å². The maximum absolute atomic E-state index is 14.0. The van der Waals surface area contributed by atoms with Crippen LogP contribution in [0.1, 0.15) is 19.4 Å². The molecule has 1 N–H and O–H groups in total. The number of nitrogens with one attached hydrogen (secondary N) is 1. The lowest BCUT2D eigenvalue weighted by Crippen LogP contribution is -2.39. The quantitative estimate of drug-likeness (QED) is 0.828. The van der Waals surface area contributed by atoms with Crippen molar-refractivity contribution in [3.8, 4) is 0 Å². The van der Waals surface area contributed by atoms with Gasteiger partial charge in [0, 0.05) is 26.7 Å². The van der Waals surface area contributed by atoms with E-state index in [4.69, 9.17) is 0 Å². The summed E-state index contributed by atoms with van der Waals surface area (Å²) in [6, 6.07) is 5.09. The van der Waals surface area contributed by atoms with Gasteiger partial charge in [-0.3, -0.25) is 4.79 Å². The highest BCUT2D eigenvalue weighted by Crippen LogP contribution is 2.19. The van der Waals surface area contributed by atoms with Crippen LogP contribution in [0.15, 0.2) is 18.2 Å². The number of hydrogen-bond acceptors (Lipinski definition) is 3. The van der Waals surface area contributed by atoms with Crippen LogP contribution in [0.2, 0.25) is 0 Å². The van der Waals surface area contributed by atoms with Crippen molar-refractivity contribution in [3.05, 3.63) is 29.6 Å². The molecule has 0 fully saturated rings. The van der Waals surface area contributed by atoms with E-state index in [2.05, 4.69) is 5.32 Å². The lowest BCUT2D eigenvalue weighted by molar-refractivity contribution is -0.129. The summed E-state index contributed by atoms with van der Waals surface area (Å²) in [5, 5.41) is 2.98. The van der Waals surface area contributed by atoms with Crippen molar-refractivity contribution >= 4 is 11.6 Å². The van der Waals surface area contributed by atoms with E-state index in [9.17, 15) is 9.18 Å². The Morgan fingerprint density at radius 2 is 1.95 bits per heavy atom. The molecule has 1 amide bonds. The summed E-state index contributed by atoms with van der Waals surface area (Å²) in [5.74, 6) is -0.288. The van der Waals surface area contributed by atoms with Crippen molar-refractivity contribution in [2.24, 2.45) is 0 Å². The van der Waals surface area contributed by atoms with Crippen LogP contribution in [0.3, 0.4) is 0 Å². The minimum absolute atomic E-state index is 0.0104. The number of nitrogens with zero attached hydrogens (tertiary/aromatic N) is 2. The molecule has 0 aliphatic carbocycles. The van der Waals surface area contributed by atoms with Crippen molar-refractivity contribution < 1.29 is 9.18 Å². The van der Waals surface area contributed by atoms with Crippen LogP contribution in [0.4, 0.5) is 10.1 Å². The molecule has 0 spiro atoms. The molecule has 1 aromatic carbocycles. The number of likely N-dealkylation sites (N-methyl/N-ethyl adjacent to an activating group) is 2. The number of halogens is 1. The zero-order valence-electron chi connectivity index (χ0n) is 12.7. The maximum atomic E-state index is 14.0. The van der Waals surface area contributed by atoms with Crippen LogP contribution in [0.25, 0.3) is 0 Å². The average molecular weight is 281 g/mol. The fourth-order valence-electron chi connectivity index (χ4n) is 2.14. The van der Waals surface area contributed by atoms with Gasteiger partial charge in [0.25, 0.3) is 0 Å². The van der Waals surface area contributed by atoms with Gasteiger partial charge in [-0.1, -0.05) is 6.07 Å². The highest BCUT2D eigenvalue weighted by molar-refractivity contribution is 5.81. The topological polar surface area (TPSA) is 35.6 Å². The van der Waals surface area contributed by atoms with Gasteiger partial charge in [-0.25, -0.2) is 4.39 Å². The van der Waals surface area contributed by atoms with Crippen molar-refractivity contribution in [1.82, 2.24) is 10.2 Å². The van der Waals surface area contributed by atoms with Crippen LogP contribution in [-0.4, -0.2) is 44.5 Å². The summed E-state index contributed by atoms with van der Waals surface area (Å²) >= 11 is 0. The first kappa shape index (κ1) is 16.4. The molecule has 0 saturated carbocycles. The van der Waals surface area contributed by atoms with Gasteiger partial charge in [0.2, 0.25) is 5.91 Å². The Morgan fingerprint density at radius 1 is 1.30 bits per heavy atom. The van der Waals surface area contributed by atoms with Gasteiger partial charge in [-0.15, -0.1) is 0 Å². The summed E-state index contributed by atoms with van der Waals surface area (Å²) in [5.41, 5.74) is 1.34. The molecule has 5 heteroatoms. The predicted molar refractivity (Wildman–Crippen MR) is 80.4 cm³/mol. The highest BCUT2D eigenvalue weighted by atomic mass is 19.1. The molecule has 0 atom stereocenters. The van der Waals surface area contributed by atoms with Crippen molar-refractivity contribution in [1.29, 1.82) is 0 Å². The van der Waals surface area contributed by atoms with E-state index in [0.29, 0.717) is 25.3 Å². The van der Waals surface area contributed by atoms with E-state index >= 15 is 0 Å². The van der Waals surface area contributed by atoms with E-state index in [1.807, 2.05) is 27.0 Å². The van der Waals surface area contributed by atoms with Gasteiger partial charge in [0.1, 0.15) is 5.82 Å². The normalized spacial score (nSPS) is 10.4. The largest absolute Gasteiger partial charge is 0.363 e. The van der Waals surface area contributed by atoms with Crippen LogP contribution >= 0.6 is 0 Å². The third-order valence-corrected chi connectivity index (χ3v) is 3.29. The third-order valence-electron chi connectivity index (χ3n) is 3.29. The standard InChI is InChI=1S/C15H24FN3O/c1-5-19(6-2)15(20)11-18(4)14-8-7-12(10-17-3)9-13(14)16/h7-9,17H,5-6,10-11H2,1-4H3. The second kappa shape index (κ2) is 7.85. The maximum Gasteiger partial charge on any atom is 0.242 e. The molecule has 20 heavy (non-hydrogen) atoms. The summed E-state index contributed by atoms with van der Waals surface area (Å²) < 4.78 is 14.0. The molecule has 0 saturated heterocycles. The monoisotopic (exact) mass is 281 g/mol. The Labute approximate surface area is 120 Å². The van der Waals surface area contributed by atoms with E-state index in [0.717, 1.165) is 5.56 Å². The van der Waals surface area contributed by atoms with Crippen LogP contribution in [0.5, 0.6) is 0 Å². The Kier molecular flexibility index (Phi) is 6.45. The lowest BCUT2D eigenvalue weighted by Gasteiger charge is -2.24. The predicted octanol–water partition coefficient (Wildman–Crippen LogP) is 1.85. The highest BCUT2D eigenvalue weighted by Gasteiger charge is 2.15. The van der Waals surface area contributed by atoms with Gasteiger partial charge < -0.3 is 15.1 Å². The molecule has 0 aromatic heterocycles. The number of amides is 1. The average Bonchev–Trinajstić information content (AvgIpc) is 2.40. The Hall–Kier alpha value is -1.62. The molecule has 1 aromatic rings. The van der Waals surface area contributed by atoms with E-state index in [-0.39, 0.29) is 18.3 Å². The molecule has 0 bridgehead atoms. The minimum Gasteiger partial charge on any atom is -0.363 e. The van der Waals surface area contributed by atoms with E-state index in [1.165, 1.54) is 6.07 Å². The van der Waals surface area contributed by atoms with Gasteiger partial charge >= 0.3 is 0 Å². The number of benzene rings is 1. The molecule has 0 aliphatic heterocycles. The molecular weight excluding hydrogens is 257 g/mol. The minimum atomic E-state index is -0.299. The Bertz CT molecular complexity index is 447. The first-order chi connectivity index (χ1) is 9.53.